The zero-order valence-corrected chi connectivity index (χ0v) is 16.8. The highest BCUT2D eigenvalue weighted by Gasteiger charge is 2.24. The highest BCUT2D eigenvalue weighted by atomic mass is 16.5. The Hall–Kier alpha value is -3.72. The molecule has 31 heavy (non-hydrogen) atoms. The topological polar surface area (TPSA) is 101 Å². The summed E-state index contributed by atoms with van der Waals surface area (Å²) < 4.78 is 20.3. The molecule has 1 fully saturated rings. The van der Waals surface area contributed by atoms with Crippen molar-refractivity contribution in [3.05, 3.63) is 58.8 Å². The van der Waals surface area contributed by atoms with E-state index < -0.39 is 0 Å². The number of ether oxygens (including phenoxy) is 1. The minimum absolute atomic E-state index is 0.0221. The largest absolute Gasteiger partial charge is 0.456 e. The fraction of sp³-hybridized carbons (Fsp3) is 0.273. The summed E-state index contributed by atoms with van der Waals surface area (Å²) in [6, 6.07) is 11.4. The first-order valence-corrected chi connectivity index (χ1v) is 10.2. The van der Waals surface area contributed by atoms with Gasteiger partial charge < -0.3 is 18.2 Å². The van der Waals surface area contributed by atoms with Crippen molar-refractivity contribution in [3.63, 3.8) is 0 Å². The van der Waals surface area contributed by atoms with Crippen LogP contribution in [0.25, 0.3) is 39.7 Å². The van der Waals surface area contributed by atoms with Gasteiger partial charge in [-0.3, -0.25) is 9.20 Å². The number of fused-ring (bicyclic) bond motifs is 3. The molecule has 9 nitrogen and oxygen atoms in total. The Balaban J connectivity index is 1.54. The number of para-hydroxylation sites is 2. The number of rotatable bonds is 4. The molecule has 0 spiro atoms. The van der Waals surface area contributed by atoms with Crippen LogP contribution in [-0.4, -0.2) is 36.8 Å². The van der Waals surface area contributed by atoms with E-state index >= 15 is 0 Å². The third-order valence-corrected chi connectivity index (χ3v) is 5.65. The summed E-state index contributed by atoms with van der Waals surface area (Å²) in [6.45, 7) is 3.06. The number of nitrogens with zero attached hydrogens (tertiary/aromatic N) is 5. The Bertz CT molecular complexity index is 1470. The highest BCUT2D eigenvalue weighted by Crippen LogP contribution is 2.26. The smallest absolute Gasteiger partial charge is 0.293 e. The number of aromatic nitrogens is 5. The van der Waals surface area contributed by atoms with Gasteiger partial charge in [0.25, 0.3) is 11.4 Å². The van der Waals surface area contributed by atoms with Gasteiger partial charge in [0.1, 0.15) is 23.3 Å². The average molecular weight is 417 g/mol. The van der Waals surface area contributed by atoms with Crippen molar-refractivity contribution in [3.8, 4) is 23.2 Å². The number of imidazole rings is 1. The Morgan fingerprint density at radius 3 is 2.81 bits per heavy atom. The SMILES string of the molecule is Cc1ccc(-c2nc(-c3ncn4c3c(=O)n(CC3CCCO3)c3ccccc34)no2)o1. The Labute approximate surface area is 175 Å². The summed E-state index contributed by atoms with van der Waals surface area (Å²) in [6.07, 6.45) is 3.59. The van der Waals surface area contributed by atoms with Crippen LogP contribution in [0.5, 0.6) is 0 Å². The van der Waals surface area contributed by atoms with Crippen LogP contribution in [0.1, 0.15) is 18.6 Å². The molecule has 1 aromatic carbocycles. The first kappa shape index (κ1) is 18.1. The standard InChI is InChI=1S/C22H19N5O4/c1-13-8-9-17(30-13)21-24-20(25-31-21)18-19-22(28)26(11-14-5-4-10-29-14)15-6-2-3-7-16(15)27(19)12-23-18/h2-3,6-9,12,14H,4-5,10-11H2,1H3. The van der Waals surface area contributed by atoms with Crippen LogP contribution in [0.4, 0.5) is 0 Å². The molecule has 1 saturated heterocycles. The Morgan fingerprint density at radius 2 is 2.03 bits per heavy atom. The van der Waals surface area contributed by atoms with Gasteiger partial charge in [-0.1, -0.05) is 17.3 Å². The molecule has 5 aromatic rings. The van der Waals surface area contributed by atoms with Crippen molar-refractivity contribution >= 4 is 16.6 Å². The number of hydrogen-bond donors (Lipinski definition) is 0. The zero-order valence-electron chi connectivity index (χ0n) is 16.8. The maximum Gasteiger partial charge on any atom is 0.293 e. The zero-order chi connectivity index (χ0) is 20.9. The lowest BCUT2D eigenvalue weighted by Gasteiger charge is -2.16. The van der Waals surface area contributed by atoms with E-state index in [1.807, 2.05) is 37.3 Å². The first-order valence-electron chi connectivity index (χ1n) is 10.2. The number of hydrogen-bond acceptors (Lipinski definition) is 7. The molecule has 6 rings (SSSR count). The number of aryl methyl sites for hydroxylation is 1. The third kappa shape index (κ3) is 2.89. The van der Waals surface area contributed by atoms with E-state index in [9.17, 15) is 4.79 Å². The molecule has 156 valence electrons. The van der Waals surface area contributed by atoms with Gasteiger partial charge in [0.15, 0.2) is 5.76 Å². The number of benzene rings is 1. The monoisotopic (exact) mass is 417 g/mol. The van der Waals surface area contributed by atoms with Gasteiger partial charge in [0.05, 0.1) is 23.7 Å². The van der Waals surface area contributed by atoms with Crippen LogP contribution >= 0.6 is 0 Å². The van der Waals surface area contributed by atoms with Crippen molar-refractivity contribution in [2.75, 3.05) is 6.61 Å². The lowest BCUT2D eigenvalue weighted by molar-refractivity contribution is 0.0973. The quantitative estimate of drug-likeness (QED) is 0.441. The Morgan fingerprint density at radius 1 is 1.16 bits per heavy atom. The van der Waals surface area contributed by atoms with Crippen LogP contribution < -0.4 is 5.56 Å². The molecule has 1 aliphatic rings. The van der Waals surface area contributed by atoms with Gasteiger partial charge >= 0.3 is 0 Å². The molecule has 0 bridgehead atoms. The van der Waals surface area contributed by atoms with Crippen molar-refractivity contribution in [2.24, 2.45) is 0 Å². The molecule has 1 unspecified atom stereocenters. The minimum Gasteiger partial charge on any atom is -0.456 e. The predicted molar refractivity (Wildman–Crippen MR) is 112 cm³/mol. The van der Waals surface area contributed by atoms with E-state index in [0.29, 0.717) is 23.5 Å². The van der Waals surface area contributed by atoms with Gasteiger partial charge in [-0.05, 0) is 44.0 Å². The van der Waals surface area contributed by atoms with Gasteiger partial charge in [-0.2, -0.15) is 4.98 Å². The maximum atomic E-state index is 13.6. The first-order chi connectivity index (χ1) is 15.2. The molecule has 0 aliphatic carbocycles. The van der Waals surface area contributed by atoms with Crippen LogP contribution in [0.2, 0.25) is 0 Å². The van der Waals surface area contributed by atoms with Crippen LogP contribution in [0, 0.1) is 6.92 Å². The van der Waals surface area contributed by atoms with Crippen molar-refractivity contribution < 1.29 is 13.7 Å². The van der Waals surface area contributed by atoms with Crippen molar-refractivity contribution in [2.45, 2.75) is 32.4 Å². The third-order valence-electron chi connectivity index (χ3n) is 5.65. The summed E-state index contributed by atoms with van der Waals surface area (Å²) in [5, 5.41) is 4.05. The van der Waals surface area contributed by atoms with Gasteiger partial charge in [0.2, 0.25) is 5.82 Å². The average Bonchev–Trinajstić information content (AvgIpc) is 3.57. The van der Waals surface area contributed by atoms with E-state index in [1.165, 1.54) is 0 Å². The molecule has 0 saturated carbocycles. The van der Waals surface area contributed by atoms with E-state index in [2.05, 4.69) is 15.1 Å². The molecule has 1 aliphatic heterocycles. The molecule has 1 atom stereocenters. The molecular formula is C22H19N5O4. The van der Waals surface area contributed by atoms with E-state index in [0.717, 1.165) is 36.2 Å². The minimum atomic E-state index is -0.165. The molecule has 0 N–H and O–H groups in total. The summed E-state index contributed by atoms with van der Waals surface area (Å²) in [5.74, 6) is 1.69. The summed E-state index contributed by atoms with van der Waals surface area (Å²) in [5.41, 5.74) is 2.32. The van der Waals surface area contributed by atoms with Gasteiger partial charge in [-0.25, -0.2) is 4.98 Å². The normalized spacial score (nSPS) is 16.6. The van der Waals surface area contributed by atoms with Crippen molar-refractivity contribution in [1.29, 1.82) is 0 Å². The predicted octanol–water partition coefficient (Wildman–Crippen LogP) is 3.45. The molecule has 0 radical (unpaired) electrons. The second kappa shape index (κ2) is 6.92. The molecule has 4 aromatic heterocycles. The van der Waals surface area contributed by atoms with Gasteiger partial charge in [0, 0.05) is 6.61 Å². The summed E-state index contributed by atoms with van der Waals surface area (Å²) in [4.78, 5) is 22.5. The fourth-order valence-electron chi connectivity index (χ4n) is 4.17. The second-order valence-corrected chi connectivity index (χ2v) is 7.68. The van der Waals surface area contributed by atoms with E-state index in [1.54, 1.807) is 21.4 Å². The van der Waals surface area contributed by atoms with Crippen LogP contribution in [0.15, 0.2) is 56.5 Å². The number of furan rings is 1. The summed E-state index contributed by atoms with van der Waals surface area (Å²) >= 11 is 0. The lowest BCUT2D eigenvalue weighted by atomic mass is 10.2. The molecule has 5 heterocycles. The Kier molecular flexibility index (Phi) is 4.03. The molecular weight excluding hydrogens is 398 g/mol. The maximum absolute atomic E-state index is 13.6. The fourth-order valence-corrected chi connectivity index (χ4v) is 4.17. The van der Waals surface area contributed by atoms with Crippen molar-refractivity contribution in [1.82, 2.24) is 24.1 Å². The second-order valence-electron chi connectivity index (χ2n) is 7.68. The van der Waals surface area contributed by atoms with E-state index in [4.69, 9.17) is 13.7 Å². The lowest BCUT2D eigenvalue weighted by Crippen LogP contribution is -2.28. The van der Waals surface area contributed by atoms with E-state index in [-0.39, 0.29) is 23.4 Å². The van der Waals surface area contributed by atoms with Crippen LogP contribution in [-0.2, 0) is 11.3 Å². The molecule has 9 heteroatoms. The van der Waals surface area contributed by atoms with Gasteiger partial charge in [-0.15, -0.1) is 0 Å². The summed E-state index contributed by atoms with van der Waals surface area (Å²) in [7, 11) is 0. The van der Waals surface area contributed by atoms with Crippen LogP contribution in [0.3, 0.4) is 0 Å². The highest BCUT2D eigenvalue weighted by molar-refractivity contribution is 5.83. The molecule has 0 amide bonds.